The summed E-state index contributed by atoms with van der Waals surface area (Å²) < 4.78 is 5.80. The lowest BCUT2D eigenvalue weighted by atomic mass is 10.0. The lowest BCUT2D eigenvalue weighted by Gasteiger charge is -2.07. The maximum absolute atomic E-state index is 12.5. The Morgan fingerprint density at radius 1 is 0.970 bits per heavy atom. The third-order valence-electron chi connectivity index (χ3n) is 4.92. The van der Waals surface area contributed by atoms with Gasteiger partial charge in [-0.1, -0.05) is 54.1 Å². The molecule has 4 rings (SSSR count). The Hall–Kier alpha value is -4.16. The lowest BCUT2D eigenvalue weighted by Crippen LogP contribution is -2.03. The predicted molar refractivity (Wildman–Crippen MR) is 126 cm³/mol. The number of nitrogens with zero attached hydrogens (tertiary/aromatic N) is 1. The van der Waals surface area contributed by atoms with Crippen LogP contribution in [0.3, 0.4) is 0 Å². The molecule has 1 heterocycles. The van der Waals surface area contributed by atoms with Gasteiger partial charge in [0, 0.05) is 10.4 Å². The largest absolute Gasteiger partial charge is 0.506 e. The third-order valence-corrected chi connectivity index (χ3v) is 5.14. The molecule has 6 nitrogen and oxygen atoms in total. The smallest absolute Gasteiger partial charge is 0.339 e. The molecule has 0 saturated carbocycles. The van der Waals surface area contributed by atoms with Crippen LogP contribution in [0.1, 0.15) is 32.0 Å². The average molecular weight is 460 g/mol. The fraction of sp³-hybridized carbons (Fsp3) is 0.0385. The Kier molecular flexibility index (Phi) is 6.38. The molecule has 0 aliphatic heterocycles. The van der Waals surface area contributed by atoms with Crippen molar-refractivity contribution in [3.05, 3.63) is 106 Å². The van der Waals surface area contributed by atoms with Crippen molar-refractivity contribution in [2.75, 3.05) is 0 Å². The van der Waals surface area contributed by atoms with E-state index in [-0.39, 0.29) is 10.6 Å². The first-order chi connectivity index (χ1) is 15.9. The normalized spacial score (nSPS) is 11.1. The number of fused-ring (bicyclic) bond motifs is 1. The van der Waals surface area contributed by atoms with E-state index in [4.69, 9.17) is 21.4 Å². The summed E-state index contributed by atoms with van der Waals surface area (Å²) in [6, 6.07) is 21.2. The summed E-state index contributed by atoms with van der Waals surface area (Å²) in [6.45, 7) is 0.318. The second kappa shape index (κ2) is 9.54. The van der Waals surface area contributed by atoms with Crippen molar-refractivity contribution in [2.45, 2.75) is 6.61 Å². The molecule has 4 aromatic rings. The summed E-state index contributed by atoms with van der Waals surface area (Å²) in [5.74, 6) is -1.91. The minimum Gasteiger partial charge on any atom is -0.506 e. The fourth-order valence-corrected chi connectivity index (χ4v) is 3.45. The van der Waals surface area contributed by atoms with Crippen molar-refractivity contribution in [1.29, 1.82) is 0 Å². The zero-order valence-electron chi connectivity index (χ0n) is 17.2. The van der Waals surface area contributed by atoms with Crippen LogP contribution in [0.4, 0.5) is 0 Å². The Labute approximate surface area is 194 Å². The molecular weight excluding hydrogens is 442 g/mol. The number of hydrogen-bond acceptors (Lipinski definition) is 5. The number of ether oxygens (including phenoxy) is 1. The summed E-state index contributed by atoms with van der Waals surface area (Å²) in [4.78, 5) is 28.2. The molecule has 0 bridgehead atoms. The predicted octanol–water partition coefficient (Wildman–Crippen LogP) is 5.77. The second-order valence-electron chi connectivity index (χ2n) is 7.21. The van der Waals surface area contributed by atoms with E-state index in [2.05, 4.69) is 4.98 Å². The van der Waals surface area contributed by atoms with E-state index in [9.17, 15) is 14.7 Å². The number of benzene rings is 3. The molecule has 0 radical (unpaired) electrons. The number of allylic oxidation sites excluding steroid dienone is 1. The number of pyridine rings is 1. The van der Waals surface area contributed by atoms with Gasteiger partial charge < -0.3 is 14.9 Å². The molecule has 0 aliphatic rings. The van der Waals surface area contributed by atoms with Crippen LogP contribution in [-0.4, -0.2) is 26.9 Å². The number of rotatable bonds is 7. The molecule has 0 atom stereocenters. The molecule has 1 aromatic heterocycles. The van der Waals surface area contributed by atoms with Crippen LogP contribution < -0.4 is 4.74 Å². The quantitative estimate of drug-likeness (QED) is 0.269. The maximum atomic E-state index is 12.5. The van der Waals surface area contributed by atoms with Gasteiger partial charge in [-0.15, -0.1) is 0 Å². The molecule has 0 fully saturated rings. The second-order valence-corrected chi connectivity index (χ2v) is 7.64. The number of phenols is 1. The number of carbonyl (C=O) groups excluding carboxylic acids is 1. The molecule has 0 aliphatic carbocycles. The SMILES string of the molecule is O=C(O)c1cc(Cl)cc(C(=O)C=Cc2ccc(OCc3ccc4ccccc4n3)cc2)c1O. The molecule has 7 heteroatoms. The molecule has 0 unspecified atom stereocenters. The van der Waals surface area contributed by atoms with Crippen LogP contribution in [0.5, 0.6) is 11.5 Å². The summed E-state index contributed by atoms with van der Waals surface area (Å²) in [6.07, 6.45) is 2.80. The van der Waals surface area contributed by atoms with E-state index >= 15 is 0 Å². The van der Waals surface area contributed by atoms with E-state index in [0.717, 1.165) is 28.2 Å². The van der Waals surface area contributed by atoms with Crippen LogP contribution in [0, 0.1) is 0 Å². The number of para-hydroxylation sites is 1. The first kappa shape index (κ1) is 22.0. The van der Waals surface area contributed by atoms with Crippen LogP contribution in [-0.2, 0) is 6.61 Å². The molecule has 33 heavy (non-hydrogen) atoms. The Balaban J connectivity index is 1.42. The van der Waals surface area contributed by atoms with Crippen molar-refractivity contribution < 1.29 is 24.5 Å². The van der Waals surface area contributed by atoms with E-state index in [1.54, 1.807) is 30.3 Å². The number of carboxylic acids is 1. The van der Waals surface area contributed by atoms with Crippen molar-refractivity contribution in [3.63, 3.8) is 0 Å². The van der Waals surface area contributed by atoms with E-state index in [0.29, 0.717) is 12.4 Å². The van der Waals surface area contributed by atoms with Gasteiger partial charge in [-0.25, -0.2) is 9.78 Å². The summed E-state index contributed by atoms with van der Waals surface area (Å²) in [5, 5.41) is 20.3. The lowest BCUT2D eigenvalue weighted by molar-refractivity contribution is 0.0693. The van der Waals surface area contributed by atoms with Gasteiger partial charge in [-0.3, -0.25) is 4.79 Å². The number of ketones is 1. The van der Waals surface area contributed by atoms with Gasteiger partial charge in [-0.05, 0) is 48.0 Å². The number of aromatic carboxylic acids is 1. The van der Waals surface area contributed by atoms with Crippen molar-refractivity contribution >= 4 is 40.3 Å². The van der Waals surface area contributed by atoms with Gasteiger partial charge in [0.05, 0.1) is 16.8 Å². The summed E-state index contributed by atoms with van der Waals surface area (Å²) >= 11 is 5.88. The molecular formula is C26H18ClNO5. The van der Waals surface area contributed by atoms with E-state index < -0.39 is 23.1 Å². The van der Waals surface area contributed by atoms with Crippen molar-refractivity contribution in [1.82, 2.24) is 4.98 Å². The van der Waals surface area contributed by atoms with Crippen LogP contribution >= 0.6 is 11.6 Å². The van der Waals surface area contributed by atoms with Gasteiger partial charge in [-0.2, -0.15) is 0 Å². The highest BCUT2D eigenvalue weighted by Crippen LogP contribution is 2.28. The van der Waals surface area contributed by atoms with Gasteiger partial charge in [0.15, 0.2) is 5.78 Å². The molecule has 3 aromatic carbocycles. The zero-order valence-corrected chi connectivity index (χ0v) is 18.0. The summed E-state index contributed by atoms with van der Waals surface area (Å²) in [5.41, 5.74) is 1.83. The van der Waals surface area contributed by atoms with Gasteiger partial charge >= 0.3 is 5.97 Å². The van der Waals surface area contributed by atoms with Crippen molar-refractivity contribution in [3.8, 4) is 11.5 Å². The first-order valence-corrected chi connectivity index (χ1v) is 10.3. The van der Waals surface area contributed by atoms with Crippen molar-refractivity contribution in [2.24, 2.45) is 0 Å². The molecule has 0 amide bonds. The van der Waals surface area contributed by atoms with E-state index in [1.165, 1.54) is 12.1 Å². The van der Waals surface area contributed by atoms with Crippen LogP contribution in [0.15, 0.2) is 78.9 Å². The topological polar surface area (TPSA) is 96.7 Å². The number of carbonyl (C=O) groups is 2. The third kappa shape index (κ3) is 5.19. The Morgan fingerprint density at radius 3 is 2.45 bits per heavy atom. The minimum atomic E-state index is -1.37. The Morgan fingerprint density at radius 2 is 1.70 bits per heavy atom. The molecule has 2 N–H and O–H groups in total. The number of aromatic nitrogens is 1. The highest BCUT2D eigenvalue weighted by molar-refractivity contribution is 6.31. The fourth-order valence-electron chi connectivity index (χ4n) is 3.23. The highest BCUT2D eigenvalue weighted by atomic mass is 35.5. The minimum absolute atomic E-state index is 0.0457. The van der Waals surface area contributed by atoms with E-state index in [1.807, 2.05) is 36.4 Å². The van der Waals surface area contributed by atoms with Crippen LogP contribution in [0.2, 0.25) is 5.02 Å². The maximum Gasteiger partial charge on any atom is 0.339 e. The molecule has 0 spiro atoms. The number of carboxylic acid groups (broad SMARTS) is 1. The monoisotopic (exact) mass is 459 g/mol. The molecule has 0 saturated heterocycles. The first-order valence-electron chi connectivity index (χ1n) is 9.96. The zero-order chi connectivity index (χ0) is 23.4. The number of halogens is 1. The summed E-state index contributed by atoms with van der Waals surface area (Å²) in [7, 11) is 0. The molecule has 164 valence electrons. The standard InChI is InChI=1S/C26H18ClNO5/c27-18-13-21(25(30)22(14-18)26(31)32)24(29)12-7-16-5-10-20(11-6-16)33-15-19-9-8-17-3-1-2-4-23(17)28-19/h1-14,30H,15H2,(H,31,32). The number of aromatic hydroxyl groups is 1. The van der Waals surface area contributed by atoms with Gasteiger partial charge in [0.25, 0.3) is 0 Å². The van der Waals surface area contributed by atoms with Crippen LogP contribution in [0.25, 0.3) is 17.0 Å². The Bertz CT molecular complexity index is 1380. The highest BCUT2D eigenvalue weighted by Gasteiger charge is 2.18. The average Bonchev–Trinajstić information content (AvgIpc) is 2.82. The van der Waals surface area contributed by atoms with Gasteiger partial charge in [0.2, 0.25) is 0 Å². The number of hydrogen-bond donors (Lipinski definition) is 2. The van der Waals surface area contributed by atoms with Gasteiger partial charge in [0.1, 0.15) is 23.7 Å².